The molecule has 2 N–H and O–H groups in total. The number of nitrogens with zero attached hydrogens (tertiary/aromatic N) is 2. The molecule has 11 heteroatoms. The van der Waals surface area contributed by atoms with Crippen LogP contribution in [0, 0.1) is 6.92 Å². The third-order valence-electron chi connectivity index (χ3n) is 4.31. The lowest BCUT2D eigenvalue weighted by atomic mass is 10.0. The molecule has 0 aliphatic carbocycles. The van der Waals surface area contributed by atoms with Gasteiger partial charge in [-0.3, -0.25) is 5.14 Å². The molecule has 3 aromatic rings. The van der Waals surface area contributed by atoms with E-state index >= 15 is 0 Å². The van der Waals surface area contributed by atoms with Crippen LogP contribution in [0.3, 0.4) is 0 Å². The van der Waals surface area contributed by atoms with Crippen LogP contribution in [0.5, 0.6) is 17.2 Å². The van der Waals surface area contributed by atoms with E-state index in [2.05, 4.69) is 9.43 Å². The third kappa shape index (κ3) is 3.71. The number of benzene rings is 2. The highest BCUT2D eigenvalue weighted by Gasteiger charge is 2.36. The van der Waals surface area contributed by atoms with Gasteiger partial charge < -0.3 is 14.4 Å². The van der Waals surface area contributed by atoms with Crippen molar-refractivity contribution >= 4 is 12.2 Å². The molecular weight excluding hydrogens is 411 g/mol. The van der Waals surface area contributed by atoms with Gasteiger partial charge in [-0.1, -0.05) is 4.33 Å². The summed E-state index contributed by atoms with van der Waals surface area (Å²) < 4.78 is 56.7. The SMILES string of the molecule is Cc1c(-c2cc(C(F)(F)F)nn2-c2ccc(OOSN)cc2)ccc2c1OCO2. The Morgan fingerprint density at radius 1 is 1.14 bits per heavy atom. The minimum atomic E-state index is -4.60. The zero-order chi connectivity index (χ0) is 20.6. The molecule has 0 bridgehead atoms. The van der Waals surface area contributed by atoms with Crippen molar-refractivity contribution in [1.29, 1.82) is 0 Å². The lowest BCUT2D eigenvalue weighted by Gasteiger charge is -2.12. The van der Waals surface area contributed by atoms with Crippen molar-refractivity contribution in [3.05, 3.63) is 53.7 Å². The average Bonchev–Trinajstić information content (AvgIpc) is 3.34. The monoisotopic (exact) mass is 425 g/mol. The van der Waals surface area contributed by atoms with Gasteiger partial charge in [-0.15, -0.1) is 0 Å². The van der Waals surface area contributed by atoms with Crippen LogP contribution in [0.15, 0.2) is 42.5 Å². The van der Waals surface area contributed by atoms with Crippen molar-refractivity contribution in [2.24, 2.45) is 5.14 Å². The molecule has 0 saturated carbocycles. The molecular formula is C18H14F3N3O4S. The lowest BCUT2D eigenvalue weighted by molar-refractivity contribution is -0.141. The van der Waals surface area contributed by atoms with Gasteiger partial charge in [-0.25, -0.2) is 4.68 Å². The van der Waals surface area contributed by atoms with Crippen molar-refractivity contribution in [2.45, 2.75) is 13.1 Å². The molecule has 0 unspecified atom stereocenters. The van der Waals surface area contributed by atoms with Gasteiger partial charge in [-0.05, 0) is 49.4 Å². The second-order valence-corrected chi connectivity index (χ2v) is 6.37. The van der Waals surface area contributed by atoms with Crippen molar-refractivity contribution in [3.63, 3.8) is 0 Å². The van der Waals surface area contributed by atoms with Gasteiger partial charge in [0.25, 0.3) is 0 Å². The fourth-order valence-corrected chi connectivity index (χ4v) is 3.12. The molecule has 29 heavy (non-hydrogen) atoms. The Kier molecular flexibility index (Phi) is 5.03. The molecule has 0 amide bonds. The molecule has 0 atom stereocenters. The number of halogens is 3. The second-order valence-electron chi connectivity index (χ2n) is 6.04. The van der Waals surface area contributed by atoms with Crippen molar-refractivity contribution in [2.75, 3.05) is 6.79 Å². The Morgan fingerprint density at radius 2 is 1.90 bits per heavy atom. The predicted octanol–water partition coefficient (Wildman–Crippen LogP) is 4.43. The van der Waals surface area contributed by atoms with Crippen LogP contribution in [0.1, 0.15) is 11.3 Å². The Labute approximate surface area is 167 Å². The summed E-state index contributed by atoms with van der Waals surface area (Å²) in [5.74, 6) is 1.38. The molecule has 2 heterocycles. The van der Waals surface area contributed by atoms with Gasteiger partial charge in [-0.2, -0.15) is 18.3 Å². The number of alkyl halides is 3. The van der Waals surface area contributed by atoms with Crippen LogP contribution in [0.25, 0.3) is 16.9 Å². The minimum absolute atomic E-state index is 0.0668. The number of aromatic nitrogens is 2. The van der Waals surface area contributed by atoms with Gasteiger partial charge in [0.05, 0.1) is 11.4 Å². The van der Waals surface area contributed by atoms with E-state index in [0.29, 0.717) is 46.3 Å². The number of nitrogens with two attached hydrogens (primary N) is 1. The van der Waals surface area contributed by atoms with E-state index in [1.54, 1.807) is 31.2 Å². The van der Waals surface area contributed by atoms with Crippen LogP contribution in [0.2, 0.25) is 0 Å². The summed E-state index contributed by atoms with van der Waals surface area (Å²) in [6, 6.07) is 10.5. The first-order valence-electron chi connectivity index (χ1n) is 8.26. The first kappa shape index (κ1) is 19.4. The summed E-state index contributed by atoms with van der Waals surface area (Å²) in [5.41, 5.74) is 0.854. The van der Waals surface area contributed by atoms with Crippen molar-refractivity contribution < 1.29 is 31.9 Å². The zero-order valence-corrected chi connectivity index (χ0v) is 15.7. The Hall–Kier alpha value is -2.89. The Bertz CT molecular complexity index is 1040. The molecule has 0 fully saturated rings. The normalized spacial score (nSPS) is 13.0. The standard InChI is InChI=1S/C18H14F3N3O4S/c1-10-13(6-7-15-17(10)26-9-25-15)14-8-16(18(19,20)21)23-24(14)11-2-4-12(5-3-11)27-28-29-22/h2-8H,9,22H2,1H3. The molecule has 0 spiro atoms. The average molecular weight is 425 g/mol. The summed E-state index contributed by atoms with van der Waals surface area (Å²) in [7, 11) is 0. The van der Waals surface area contributed by atoms with Crippen LogP contribution >= 0.6 is 12.2 Å². The van der Waals surface area contributed by atoms with Gasteiger partial charge in [0.1, 0.15) is 12.2 Å². The largest absolute Gasteiger partial charge is 0.454 e. The summed E-state index contributed by atoms with van der Waals surface area (Å²) in [6.07, 6.45) is -4.60. The highest BCUT2D eigenvalue weighted by atomic mass is 32.2. The topological polar surface area (TPSA) is 80.8 Å². The van der Waals surface area contributed by atoms with Gasteiger partial charge in [0.2, 0.25) is 6.79 Å². The van der Waals surface area contributed by atoms with E-state index in [9.17, 15) is 13.2 Å². The van der Waals surface area contributed by atoms with Crippen molar-refractivity contribution in [1.82, 2.24) is 9.78 Å². The molecule has 4 rings (SSSR count). The van der Waals surface area contributed by atoms with Gasteiger partial charge in [0.15, 0.2) is 22.9 Å². The maximum absolute atomic E-state index is 13.4. The first-order valence-corrected chi connectivity index (χ1v) is 9.06. The van der Waals surface area contributed by atoms with Crippen LogP contribution in [-0.4, -0.2) is 16.6 Å². The molecule has 0 radical (unpaired) electrons. The van der Waals surface area contributed by atoms with Crippen LogP contribution in [0.4, 0.5) is 13.2 Å². The third-order valence-corrected chi connectivity index (χ3v) is 4.46. The zero-order valence-electron chi connectivity index (χ0n) is 14.9. The number of hydrogen-bond donors (Lipinski definition) is 1. The Balaban J connectivity index is 1.81. The summed E-state index contributed by atoms with van der Waals surface area (Å²) in [5, 5.41) is 8.89. The van der Waals surface area contributed by atoms with E-state index < -0.39 is 11.9 Å². The van der Waals surface area contributed by atoms with E-state index in [4.69, 9.17) is 19.5 Å². The molecule has 1 aliphatic heterocycles. The number of rotatable bonds is 5. The summed E-state index contributed by atoms with van der Waals surface area (Å²) in [6.45, 7) is 1.82. The second kappa shape index (κ2) is 7.50. The van der Waals surface area contributed by atoms with Crippen LogP contribution < -0.4 is 19.5 Å². The van der Waals surface area contributed by atoms with E-state index in [1.807, 2.05) is 0 Å². The molecule has 152 valence electrons. The maximum atomic E-state index is 13.4. The lowest BCUT2D eigenvalue weighted by Crippen LogP contribution is -2.07. The number of hydrogen-bond acceptors (Lipinski definition) is 7. The van der Waals surface area contributed by atoms with Gasteiger partial charge >= 0.3 is 6.18 Å². The maximum Gasteiger partial charge on any atom is 0.435 e. The smallest absolute Gasteiger partial charge is 0.435 e. The molecule has 1 aliphatic rings. The van der Waals surface area contributed by atoms with E-state index in [1.165, 1.54) is 16.8 Å². The summed E-state index contributed by atoms with van der Waals surface area (Å²) >= 11 is 0.527. The summed E-state index contributed by atoms with van der Waals surface area (Å²) in [4.78, 5) is 4.89. The van der Waals surface area contributed by atoms with E-state index in [-0.39, 0.29) is 12.5 Å². The first-order chi connectivity index (χ1) is 13.9. The quantitative estimate of drug-likeness (QED) is 0.280. The van der Waals surface area contributed by atoms with Crippen LogP contribution in [-0.2, 0) is 10.5 Å². The Morgan fingerprint density at radius 3 is 2.59 bits per heavy atom. The molecule has 1 aromatic heterocycles. The minimum Gasteiger partial charge on any atom is -0.454 e. The molecule has 2 aromatic carbocycles. The number of ether oxygens (including phenoxy) is 2. The fourth-order valence-electron chi connectivity index (χ4n) is 3.00. The fraction of sp³-hybridized carbons (Fsp3) is 0.167. The number of fused-ring (bicyclic) bond motifs is 1. The van der Waals surface area contributed by atoms with E-state index in [0.717, 1.165) is 6.07 Å². The van der Waals surface area contributed by atoms with Crippen molar-refractivity contribution in [3.8, 4) is 34.2 Å². The highest BCUT2D eigenvalue weighted by Crippen LogP contribution is 2.42. The molecule has 0 saturated heterocycles. The van der Waals surface area contributed by atoms with Gasteiger partial charge in [0, 0.05) is 11.1 Å². The predicted molar refractivity (Wildman–Crippen MR) is 98.4 cm³/mol. The molecule has 7 nitrogen and oxygen atoms in total. The highest BCUT2D eigenvalue weighted by molar-refractivity contribution is 7.92.